The molecule has 2 aromatic rings. The number of benzene rings is 2. The molecule has 2 amide bonds. The van der Waals surface area contributed by atoms with Crippen molar-refractivity contribution in [2.45, 2.75) is 59.5 Å². The highest BCUT2D eigenvalue weighted by atomic mass is 32.2. The standard InChI is InChI=1S/C24H33N3O4S/c1-8-21(27(32(7,30)31)18-14-13-16(2)17(3)15-18)23(29)25-20-12-10-9-11-19(20)22(28)26-24(4,5)6/h9-15,21H,8H2,1-7H3,(H,25,29)(H,26,28). The largest absolute Gasteiger partial charge is 0.347 e. The molecule has 32 heavy (non-hydrogen) atoms. The minimum absolute atomic E-state index is 0.252. The summed E-state index contributed by atoms with van der Waals surface area (Å²) < 4.78 is 26.5. The third-order valence-electron chi connectivity index (χ3n) is 4.99. The van der Waals surface area contributed by atoms with Crippen molar-refractivity contribution in [2.24, 2.45) is 0 Å². The Morgan fingerprint density at radius 3 is 2.19 bits per heavy atom. The Kier molecular flexibility index (Phi) is 7.72. The predicted octanol–water partition coefficient (Wildman–Crippen LogP) is 4.02. The van der Waals surface area contributed by atoms with Gasteiger partial charge >= 0.3 is 0 Å². The van der Waals surface area contributed by atoms with Crippen LogP contribution in [-0.2, 0) is 14.8 Å². The van der Waals surface area contributed by atoms with Crippen molar-refractivity contribution >= 4 is 33.2 Å². The maximum absolute atomic E-state index is 13.3. The lowest BCUT2D eigenvalue weighted by molar-refractivity contribution is -0.117. The molecule has 2 rings (SSSR count). The molecule has 0 saturated carbocycles. The van der Waals surface area contributed by atoms with Crippen molar-refractivity contribution in [3.63, 3.8) is 0 Å². The number of aryl methyl sites for hydroxylation is 2. The molecule has 0 aliphatic rings. The molecule has 0 aromatic heterocycles. The number of hydrogen-bond acceptors (Lipinski definition) is 4. The Bertz CT molecular complexity index is 1100. The molecule has 0 heterocycles. The van der Waals surface area contributed by atoms with Crippen LogP contribution in [0.3, 0.4) is 0 Å². The van der Waals surface area contributed by atoms with Gasteiger partial charge in [0.25, 0.3) is 5.91 Å². The summed E-state index contributed by atoms with van der Waals surface area (Å²) in [6, 6.07) is 11.0. The number of rotatable bonds is 7. The summed E-state index contributed by atoms with van der Waals surface area (Å²) in [4.78, 5) is 26.0. The molecular formula is C24H33N3O4S. The molecule has 0 saturated heterocycles. The molecule has 0 bridgehead atoms. The van der Waals surface area contributed by atoms with Gasteiger partial charge in [-0.25, -0.2) is 8.42 Å². The van der Waals surface area contributed by atoms with E-state index in [1.165, 1.54) is 0 Å². The molecule has 7 nitrogen and oxygen atoms in total. The average molecular weight is 460 g/mol. The number of nitrogens with one attached hydrogen (secondary N) is 2. The lowest BCUT2D eigenvalue weighted by atomic mass is 10.1. The van der Waals surface area contributed by atoms with Crippen LogP contribution in [0.25, 0.3) is 0 Å². The maximum atomic E-state index is 13.3. The third kappa shape index (κ3) is 6.32. The van der Waals surface area contributed by atoms with Crippen LogP contribution < -0.4 is 14.9 Å². The van der Waals surface area contributed by atoms with Gasteiger partial charge < -0.3 is 10.6 Å². The van der Waals surface area contributed by atoms with Gasteiger partial charge in [-0.2, -0.15) is 0 Å². The summed E-state index contributed by atoms with van der Waals surface area (Å²) in [5.74, 6) is -0.831. The van der Waals surface area contributed by atoms with Crippen molar-refractivity contribution in [1.82, 2.24) is 5.32 Å². The molecule has 2 aromatic carbocycles. The molecular weight excluding hydrogens is 426 g/mol. The van der Waals surface area contributed by atoms with E-state index in [4.69, 9.17) is 0 Å². The monoisotopic (exact) mass is 459 g/mol. The Labute approximate surface area is 191 Å². The number of para-hydroxylation sites is 1. The molecule has 0 radical (unpaired) electrons. The Morgan fingerprint density at radius 2 is 1.66 bits per heavy atom. The average Bonchev–Trinajstić information content (AvgIpc) is 2.66. The minimum Gasteiger partial charge on any atom is -0.347 e. The molecule has 2 N–H and O–H groups in total. The molecule has 0 fully saturated rings. The maximum Gasteiger partial charge on any atom is 0.253 e. The number of anilines is 2. The number of carbonyl (C=O) groups excluding carboxylic acids is 2. The molecule has 0 spiro atoms. The number of amides is 2. The highest BCUT2D eigenvalue weighted by Crippen LogP contribution is 2.26. The van der Waals surface area contributed by atoms with Crippen LogP contribution in [0.15, 0.2) is 42.5 Å². The van der Waals surface area contributed by atoms with E-state index in [1.807, 2.05) is 40.7 Å². The van der Waals surface area contributed by atoms with Crippen molar-refractivity contribution < 1.29 is 18.0 Å². The van der Waals surface area contributed by atoms with Crippen LogP contribution in [0, 0.1) is 13.8 Å². The topological polar surface area (TPSA) is 95.6 Å². The molecule has 0 aliphatic heterocycles. The van der Waals surface area contributed by atoms with Gasteiger partial charge in [-0.15, -0.1) is 0 Å². The quantitative estimate of drug-likeness (QED) is 0.654. The first-order valence-corrected chi connectivity index (χ1v) is 12.4. The molecule has 1 atom stereocenters. The number of hydrogen-bond donors (Lipinski definition) is 2. The summed E-state index contributed by atoms with van der Waals surface area (Å²) in [5, 5.41) is 5.65. The summed E-state index contributed by atoms with van der Waals surface area (Å²) in [6.07, 6.45) is 1.34. The van der Waals surface area contributed by atoms with Gasteiger partial charge in [-0.1, -0.05) is 25.1 Å². The summed E-state index contributed by atoms with van der Waals surface area (Å²) in [7, 11) is -3.75. The third-order valence-corrected chi connectivity index (χ3v) is 6.17. The fraction of sp³-hybridized carbons (Fsp3) is 0.417. The van der Waals surface area contributed by atoms with Crippen LogP contribution in [0.4, 0.5) is 11.4 Å². The van der Waals surface area contributed by atoms with E-state index >= 15 is 0 Å². The van der Waals surface area contributed by atoms with Gasteiger partial charge in [0.2, 0.25) is 15.9 Å². The first-order valence-electron chi connectivity index (χ1n) is 10.5. The fourth-order valence-corrected chi connectivity index (χ4v) is 4.54. The minimum atomic E-state index is -3.75. The second-order valence-electron chi connectivity index (χ2n) is 8.99. The van der Waals surface area contributed by atoms with E-state index in [0.29, 0.717) is 16.9 Å². The first-order chi connectivity index (χ1) is 14.7. The van der Waals surface area contributed by atoms with Gasteiger partial charge in [0.15, 0.2) is 0 Å². The van der Waals surface area contributed by atoms with Gasteiger partial charge in [0.05, 0.1) is 23.2 Å². The SMILES string of the molecule is CCC(C(=O)Nc1ccccc1C(=O)NC(C)(C)C)N(c1ccc(C)c(C)c1)S(C)(=O)=O. The number of sulfonamides is 1. The zero-order valence-electron chi connectivity index (χ0n) is 19.8. The lowest BCUT2D eigenvalue weighted by Gasteiger charge is -2.30. The Balaban J connectivity index is 2.42. The highest BCUT2D eigenvalue weighted by Gasteiger charge is 2.32. The van der Waals surface area contributed by atoms with E-state index in [9.17, 15) is 18.0 Å². The molecule has 8 heteroatoms. The number of nitrogens with zero attached hydrogens (tertiary/aromatic N) is 1. The van der Waals surface area contributed by atoms with E-state index in [2.05, 4.69) is 10.6 Å². The first kappa shape index (κ1) is 25.4. The van der Waals surface area contributed by atoms with Crippen LogP contribution in [-0.4, -0.2) is 38.1 Å². The van der Waals surface area contributed by atoms with E-state index in [0.717, 1.165) is 21.7 Å². The molecule has 1 unspecified atom stereocenters. The lowest BCUT2D eigenvalue weighted by Crippen LogP contribution is -2.47. The summed E-state index contributed by atoms with van der Waals surface area (Å²) in [6.45, 7) is 11.2. The van der Waals surface area contributed by atoms with E-state index < -0.39 is 27.5 Å². The van der Waals surface area contributed by atoms with E-state index in [-0.39, 0.29) is 12.3 Å². The van der Waals surface area contributed by atoms with Crippen LogP contribution in [0.5, 0.6) is 0 Å². The van der Waals surface area contributed by atoms with Gasteiger partial charge in [-0.3, -0.25) is 13.9 Å². The Morgan fingerprint density at radius 1 is 1.03 bits per heavy atom. The van der Waals surface area contributed by atoms with E-state index in [1.54, 1.807) is 43.3 Å². The van der Waals surface area contributed by atoms with Crippen molar-refractivity contribution in [3.05, 3.63) is 59.2 Å². The second-order valence-corrected chi connectivity index (χ2v) is 10.8. The summed E-state index contributed by atoms with van der Waals surface area (Å²) in [5.41, 5.74) is 2.57. The van der Waals surface area contributed by atoms with Crippen molar-refractivity contribution in [2.75, 3.05) is 15.9 Å². The fourth-order valence-electron chi connectivity index (χ4n) is 3.34. The van der Waals surface area contributed by atoms with Gasteiger partial charge in [0.1, 0.15) is 6.04 Å². The van der Waals surface area contributed by atoms with Crippen LogP contribution >= 0.6 is 0 Å². The second kappa shape index (κ2) is 9.73. The molecule has 0 aliphatic carbocycles. The van der Waals surface area contributed by atoms with Crippen LogP contribution in [0.1, 0.15) is 55.6 Å². The van der Waals surface area contributed by atoms with Crippen LogP contribution in [0.2, 0.25) is 0 Å². The zero-order chi connectivity index (χ0) is 24.3. The molecule has 174 valence electrons. The summed E-state index contributed by atoms with van der Waals surface area (Å²) >= 11 is 0. The highest BCUT2D eigenvalue weighted by molar-refractivity contribution is 7.92. The van der Waals surface area contributed by atoms with Gasteiger partial charge in [0, 0.05) is 5.54 Å². The Hall–Kier alpha value is -2.87. The predicted molar refractivity (Wildman–Crippen MR) is 130 cm³/mol. The van der Waals surface area contributed by atoms with Crippen molar-refractivity contribution in [3.8, 4) is 0 Å². The van der Waals surface area contributed by atoms with Gasteiger partial charge in [-0.05, 0) is 76.4 Å². The zero-order valence-corrected chi connectivity index (χ0v) is 20.6. The smallest absolute Gasteiger partial charge is 0.253 e. The normalized spacial score (nSPS) is 12.7. The van der Waals surface area contributed by atoms with Crippen molar-refractivity contribution in [1.29, 1.82) is 0 Å². The number of carbonyl (C=O) groups is 2.